The Balaban J connectivity index is 2.38. The Morgan fingerprint density at radius 3 is 2.75 bits per heavy atom. The first kappa shape index (κ1) is 14.8. The molecule has 2 rings (SSSR count). The summed E-state index contributed by atoms with van der Waals surface area (Å²) in [6.07, 6.45) is -0.0389. The van der Waals surface area contributed by atoms with Gasteiger partial charge in [-0.3, -0.25) is 14.9 Å². The van der Waals surface area contributed by atoms with Gasteiger partial charge in [0, 0.05) is 0 Å². The monoisotopic (exact) mass is 296 g/mol. The molecular weight excluding hydrogens is 280 g/mol. The number of nitrogens with one attached hydrogen (secondary N) is 1. The third-order valence-electron chi connectivity index (χ3n) is 3.41. The molecule has 1 aromatic rings. The van der Waals surface area contributed by atoms with Crippen molar-refractivity contribution in [1.29, 1.82) is 0 Å². The van der Waals surface area contributed by atoms with Crippen LogP contribution in [0.1, 0.15) is 31.9 Å². The Morgan fingerprint density at radius 1 is 1.50 bits per heavy atom. The molecule has 1 aliphatic rings. The summed E-state index contributed by atoms with van der Waals surface area (Å²) in [5.74, 6) is -0.644. The number of nitrogens with zero attached hydrogens (tertiary/aromatic N) is 1. The minimum atomic E-state index is -0.616. The van der Waals surface area contributed by atoms with Crippen LogP contribution in [-0.4, -0.2) is 29.5 Å². The van der Waals surface area contributed by atoms with Gasteiger partial charge in [0.15, 0.2) is 0 Å². The number of imide groups is 1. The number of hydrogen-bond acceptors (Lipinski definition) is 4. The molecule has 6 heteroatoms. The number of benzene rings is 1. The highest BCUT2D eigenvalue weighted by Crippen LogP contribution is 2.31. The Hall–Kier alpha value is -1.59. The fourth-order valence-electron chi connectivity index (χ4n) is 2.34. The van der Waals surface area contributed by atoms with Gasteiger partial charge in [-0.15, -0.1) is 0 Å². The highest BCUT2D eigenvalue weighted by molar-refractivity contribution is 6.33. The molecular formula is C14H17ClN2O3. The van der Waals surface area contributed by atoms with Crippen molar-refractivity contribution in [3.63, 3.8) is 0 Å². The van der Waals surface area contributed by atoms with Crippen molar-refractivity contribution >= 4 is 29.1 Å². The maximum atomic E-state index is 11.8. The maximum Gasteiger partial charge on any atom is 0.249 e. The van der Waals surface area contributed by atoms with Gasteiger partial charge in [-0.2, -0.15) is 0 Å². The number of carbonyl (C=O) groups excluding carboxylic acids is 2. The second-order valence-electron chi connectivity index (χ2n) is 4.85. The Labute approximate surface area is 122 Å². The van der Waals surface area contributed by atoms with Crippen LogP contribution in [0.25, 0.3) is 0 Å². The highest BCUT2D eigenvalue weighted by atomic mass is 35.5. The van der Waals surface area contributed by atoms with E-state index in [0.717, 1.165) is 0 Å². The average Bonchev–Trinajstić information content (AvgIpc) is 2.37. The van der Waals surface area contributed by atoms with Crippen LogP contribution in [0.5, 0.6) is 0 Å². The van der Waals surface area contributed by atoms with Crippen LogP contribution in [0.3, 0.4) is 0 Å². The molecule has 2 unspecified atom stereocenters. The van der Waals surface area contributed by atoms with Crippen LogP contribution in [0.2, 0.25) is 5.02 Å². The number of piperazine rings is 1. The summed E-state index contributed by atoms with van der Waals surface area (Å²) in [7, 11) is 0. The first-order chi connectivity index (χ1) is 9.43. The van der Waals surface area contributed by atoms with E-state index in [0.29, 0.717) is 22.7 Å². The maximum absolute atomic E-state index is 11.8. The molecule has 2 atom stereocenters. The Kier molecular flexibility index (Phi) is 4.30. The summed E-state index contributed by atoms with van der Waals surface area (Å²) in [5, 5.41) is 12.3. The number of aliphatic hydroxyl groups is 1. The molecule has 20 heavy (non-hydrogen) atoms. The number of aliphatic hydroxyl groups excluding tert-OH is 1. The number of carbonyl (C=O) groups is 2. The lowest BCUT2D eigenvalue weighted by atomic mass is 10.1. The normalized spacial score (nSPS) is 20.8. The molecule has 0 radical (unpaired) electrons. The molecule has 1 heterocycles. The molecule has 0 aromatic heterocycles. The predicted molar refractivity (Wildman–Crippen MR) is 76.7 cm³/mol. The van der Waals surface area contributed by atoms with E-state index in [1.165, 1.54) is 0 Å². The molecule has 1 aliphatic heterocycles. The second kappa shape index (κ2) is 5.81. The lowest BCUT2D eigenvalue weighted by Crippen LogP contribution is -2.58. The minimum absolute atomic E-state index is 0.0952. The quantitative estimate of drug-likeness (QED) is 0.832. The zero-order valence-corrected chi connectivity index (χ0v) is 12.1. The number of rotatable bonds is 3. The molecule has 2 amide bonds. The summed E-state index contributed by atoms with van der Waals surface area (Å²) < 4.78 is 0. The summed E-state index contributed by atoms with van der Waals surface area (Å²) in [6.45, 7) is 3.63. The van der Waals surface area contributed by atoms with E-state index in [4.69, 9.17) is 11.6 Å². The SMILES string of the molecule is CCC1C(=O)NC(=O)CN1c1ccc(C(C)O)cc1Cl. The molecule has 1 fully saturated rings. The summed E-state index contributed by atoms with van der Waals surface area (Å²) in [5.41, 5.74) is 1.32. The molecule has 0 saturated carbocycles. The van der Waals surface area contributed by atoms with Gasteiger partial charge in [0.1, 0.15) is 6.04 Å². The molecule has 2 N–H and O–H groups in total. The Morgan fingerprint density at radius 2 is 2.20 bits per heavy atom. The third kappa shape index (κ3) is 2.78. The van der Waals surface area contributed by atoms with E-state index >= 15 is 0 Å². The van der Waals surface area contributed by atoms with E-state index in [2.05, 4.69) is 5.32 Å². The molecule has 0 aliphatic carbocycles. The summed E-state index contributed by atoms with van der Waals surface area (Å²) in [4.78, 5) is 25.1. The van der Waals surface area contributed by atoms with Gasteiger partial charge in [0.2, 0.25) is 11.8 Å². The zero-order valence-electron chi connectivity index (χ0n) is 11.4. The average molecular weight is 297 g/mol. The van der Waals surface area contributed by atoms with Gasteiger partial charge < -0.3 is 10.0 Å². The molecule has 0 spiro atoms. The topological polar surface area (TPSA) is 69.6 Å². The molecule has 108 valence electrons. The minimum Gasteiger partial charge on any atom is -0.389 e. The van der Waals surface area contributed by atoms with Crippen molar-refractivity contribution in [2.24, 2.45) is 0 Å². The molecule has 5 nitrogen and oxygen atoms in total. The molecule has 1 saturated heterocycles. The first-order valence-electron chi connectivity index (χ1n) is 6.52. The van der Waals surface area contributed by atoms with E-state index in [-0.39, 0.29) is 18.4 Å². The van der Waals surface area contributed by atoms with Gasteiger partial charge in [-0.05, 0) is 31.0 Å². The van der Waals surface area contributed by atoms with Crippen molar-refractivity contribution in [2.45, 2.75) is 32.4 Å². The van der Waals surface area contributed by atoms with Crippen molar-refractivity contribution in [3.05, 3.63) is 28.8 Å². The van der Waals surface area contributed by atoms with Crippen molar-refractivity contribution in [2.75, 3.05) is 11.4 Å². The predicted octanol–water partition coefficient (Wildman–Crippen LogP) is 1.63. The van der Waals surface area contributed by atoms with Gasteiger partial charge in [0.05, 0.1) is 23.4 Å². The largest absolute Gasteiger partial charge is 0.389 e. The third-order valence-corrected chi connectivity index (χ3v) is 3.71. The van der Waals surface area contributed by atoms with E-state index < -0.39 is 12.1 Å². The van der Waals surface area contributed by atoms with Crippen LogP contribution >= 0.6 is 11.6 Å². The first-order valence-corrected chi connectivity index (χ1v) is 6.89. The zero-order chi connectivity index (χ0) is 14.9. The fraction of sp³-hybridized carbons (Fsp3) is 0.429. The van der Waals surface area contributed by atoms with E-state index in [1.807, 2.05) is 6.92 Å². The fourth-order valence-corrected chi connectivity index (χ4v) is 2.64. The number of halogens is 1. The highest BCUT2D eigenvalue weighted by Gasteiger charge is 2.33. The van der Waals surface area contributed by atoms with Crippen LogP contribution in [0, 0.1) is 0 Å². The van der Waals surface area contributed by atoms with Gasteiger partial charge in [-0.25, -0.2) is 0 Å². The van der Waals surface area contributed by atoms with Crippen molar-refractivity contribution in [3.8, 4) is 0 Å². The van der Waals surface area contributed by atoms with Crippen LogP contribution < -0.4 is 10.2 Å². The lowest BCUT2D eigenvalue weighted by Gasteiger charge is -2.35. The van der Waals surface area contributed by atoms with Crippen LogP contribution in [-0.2, 0) is 9.59 Å². The summed E-state index contributed by atoms with van der Waals surface area (Å²) >= 11 is 6.23. The van der Waals surface area contributed by atoms with Gasteiger partial charge in [-0.1, -0.05) is 24.6 Å². The van der Waals surface area contributed by atoms with Crippen molar-refractivity contribution < 1.29 is 14.7 Å². The van der Waals surface area contributed by atoms with Gasteiger partial charge in [0.25, 0.3) is 0 Å². The molecule has 1 aromatic carbocycles. The second-order valence-corrected chi connectivity index (χ2v) is 5.26. The number of hydrogen-bond donors (Lipinski definition) is 2. The van der Waals surface area contributed by atoms with Crippen LogP contribution in [0.15, 0.2) is 18.2 Å². The van der Waals surface area contributed by atoms with E-state index in [1.54, 1.807) is 30.0 Å². The van der Waals surface area contributed by atoms with Crippen molar-refractivity contribution in [1.82, 2.24) is 5.32 Å². The summed E-state index contributed by atoms with van der Waals surface area (Å²) in [6, 6.07) is 4.72. The lowest BCUT2D eigenvalue weighted by molar-refractivity contribution is -0.132. The van der Waals surface area contributed by atoms with Gasteiger partial charge >= 0.3 is 0 Å². The smallest absolute Gasteiger partial charge is 0.249 e. The van der Waals surface area contributed by atoms with E-state index in [9.17, 15) is 14.7 Å². The molecule has 0 bridgehead atoms. The number of amides is 2. The van der Waals surface area contributed by atoms with Crippen LogP contribution in [0.4, 0.5) is 5.69 Å². The number of anilines is 1. The standard InChI is InChI=1S/C14H17ClN2O3/c1-3-11-14(20)16-13(19)7-17(11)12-5-4-9(8(2)18)6-10(12)15/h4-6,8,11,18H,3,7H2,1-2H3,(H,16,19,20). The Bertz CT molecular complexity index is 545.